The van der Waals surface area contributed by atoms with Gasteiger partial charge in [-0.25, -0.2) is 0 Å². The minimum absolute atomic E-state index is 0.229. The number of nitrogens with zero attached hydrogens (tertiary/aromatic N) is 3. The first-order valence-electron chi connectivity index (χ1n) is 4.70. The van der Waals surface area contributed by atoms with Gasteiger partial charge in [-0.1, -0.05) is 5.16 Å². The summed E-state index contributed by atoms with van der Waals surface area (Å²) >= 11 is 0. The smallest absolute Gasteiger partial charge is 0.264 e. The fraction of sp³-hybridized carbons (Fsp3) is 0.182. The molecule has 5 heteroatoms. The average molecular weight is 215 g/mol. The molecule has 0 saturated carbocycles. The molecule has 0 N–H and O–H groups in total. The van der Waals surface area contributed by atoms with Gasteiger partial charge in [-0.15, -0.1) is 0 Å². The van der Waals surface area contributed by atoms with Crippen molar-refractivity contribution in [1.82, 2.24) is 10.1 Å². The van der Waals surface area contributed by atoms with Gasteiger partial charge in [-0.05, 0) is 31.2 Å². The molecule has 0 bridgehead atoms. The third-order valence-corrected chi connectivity index (χ3v) is 1.92. The summed E-state index contributed by atoms with van der Waals surface area (Å²) in [5.41, 5.74) is 0.598. The quantitative estimate of drug-likeness (QED) is 0.780. The van der Waals surface area contributed by atoms with E-state index in [4.69, 9.17) is 14.5 Å². The van der Waals surface area contributed by atoms with Crippen LogP contribution in [0.15, 0.2) is 28.8 Å². The van der Waals surface area contributed by atoms with Crippen molar-refractivity contribution < 1.29 is 9.26 Å². The summed E-state index contributed by atoms with van der Waals surface area (Å²) in [6.07, 6.45) is 0. The highest BCUT2D eigenvalue weighted by Gasteiger charge is 2.03. The lowest BCUT2D eigenvalue weighted by Crippen LogP contribution is -1.95. The Morgan fingerprint density at radius 3 is 2.69 bits per heavy atom. The van der Waals surface area contributed by atoms with Crippen LogP contribution in [0.25, 0.3) is 0 Å². The topological polar surface area (TPSA) is 71.9 Å². The number of aromatic nitrogens is 2. The van der Waals surface area contributed by atoms with Crippen LogP contribution in [0.5, 0.6) is 5.75 Å². The lowest BCUT2D eigenvalue weighted by atomic mass is 10.2. The molecule has 0 saturated heterocycles. The van der Waals surface area contributed by atoms with Gasteiger partial charge < -0.3 is 9.26 Å². The summed E-state index contributed by atoms with van der Waals surface area (Å²) < 4.78 is 10.3. The summed E-state index contributed by atoms with van der Waals surface area (Å²) in [5, 5.41) is 12.3. The number of benzene rings is 1. The summed E-state index contributed by atoms with van der Waals surface area (Å²) in [4.78, 5) is 4.00. The Hall–Kier alpha value is -2.35. The number of ether oxygens (including phenoxy) is 1. The second-order valence-electron chi connectivity index (χ2n) is 3.16. The van der Waals surface area contributed by atoms with Crippen molar-refractivity contribution in [3.05, 3.63) is 41.5 Å². The molecule has 1 aromatic heterocycles. The van der Waals surface area contributed by atoms with Crippen LogP contribution < -0.4 is 4.74 Å². The monoisotopic (exact) mass is 215 g/mol. The van der Waals surface area contributed by atoms with Crippen LogP contribution in [0.1, 0.15) is 17.3 Å². The minimum atomic E-state index is 0.229. The Bertz CT molecular complexity index is 511. The van der Waals surface area contributed by atoms with E-state index in [9.17, 15) is 0 Å². The number of aryl methyl sites for hydroxylation is 1. The van der Waals surface area contributed by atoms with Gasteiger partial charge >= 0.3 is 0 Å². The van der Waals surface area contributed by atoms with E-state index in [2.05, 4.69) is 10.1 Å². The Kier molecular flexibility index (Phi) is 2.83. The van der Waals surface area contributed by atoms with Gasteiger partial charge in [-0.2, -0.15) is 10.2 Å². The van der Waals surface area contributed by atoms with Gasteiger partial charge in [-0.3, -0.25) is 0 Å². The Balaban J connectivity index is 1.97. The Labute approximate surface area is 92.3 Å². The first kappa shape index (κ1) is 10.2. The average Bonchev–Trinajstić information content (AvgIpc) is 2.73. The molecule has 0 aliphatic heterocycles. The van der Waals surface area contributed by atoms with Gasteiger partial charge in [0.1, 0.15) is 5.75 Å². The predicted molar refractivity (Wildman–Crippen MR) is 54.5 cm³/mol. The number of rotatable bonds is 3. The van der Waals surface area contributed by atoms with Gasteiger partial charge in [0.25, 0.3) is 5.89 Å². The van der Waals surface area contributed by atoms with Crippen molar-refractivity contribution in [2.45, 2.75) is 13.5 Å². The molecule has 0 atom stereocenters. The largest absolute Gasteiger partial charge is 0.484 e. The highest BCUT2D eigenvalue weighted by atomic mass is 16.5. The zero-order valence-corrected chi connectivity index (χ0v) is 8.67. The maximum Gasteiger partial charge on any atom is 0.264 e. The summed E-state index contributed by atoms with van der Waals surface area (Å²) in [6.45, 7) is 1.97. The Morgan fingerprint density at radius 1 is 1.38 bits per heavy atom. The standard InChI is InChI=1S/C11H9N3O2/c1-8-13-11(16-14-8)7-15-10-4-2-9(6-12)3-5-10/h2-5H,7H2,1H3. The molecule has 16 heavy (non-hydrogen) atoms. The van der Waals surface area contributed by atoms with E-state index in [0.29, 0.717) is 23.0 Å². The molecule has 2 aromatic rings. The number of nitriles is 1. The van der Waals surface area contributed by atoms with Gasteiger partial charge in [0.05, 0.1) is 11.6 Å². The molecule has 0 unspecified atom stereocenters. The van der Waals surface area contributed by atoms with Crippen LogP contribution in [0.3, 0.4) is 0 Å². The first-order valence-corrected chi connectivity index (χ1v) is 4.70. The van der Waals surface area contributed by atoms with Crippen LogP contribution in [0.2, 0.25) is 0 Å². The molecule has 0 fully saturated rings. The van der Waals surface area contributed by atoms with E-state index < -0.39 is 0 Å². The van der Waals surface area contributed by atoms with Crippen molar-refractivity contribution in [3.8, 4) is 11.8 Å². The van der Waals surface area contributed by atoms with Crippen molar-refractivity contribution in [1.29, 1.82) is 5.26 Å². The zero-order valence-electron chi connectivity index (χ0n) is 8.67. The van der Waals surface area contributed by atoms with E-state index >= 15 is 0 Å². The maximum atomic E-state index is 8.62. The van der Waals surface area contributed by atoms with Crippen LogP contribution in [-0.2, 0) is 6.61 Å². The van der Waals surface area contributed by atoms with Gasteiger partial charge in [0.2, 0.25) is 0 Å². The van der Waals surface area contributed by atoms with Gasteiger partial charge in [0, 0.05) is 0 Å². The van der Waals surface area contributed by atoms with Crippen molar-refractivity contribution in [2.75, 3.05) is 0 Å². The lowest BCUT2D eigenvalue weighted by Gasteiger charge is -2.01. The summed E-state index contributed by atoms with van der Waals surface area (Å²) in [7, 11) is 0. The minimum Gasteiger partial charge on any atom is -0.484 e. The van der Waals surface area contributed by atoms with Crippen LogP contribution >= 0.6 is 0 Å². The SMILES string of the molecule is Cc1noc(COc2ccc(C#N)cc2)n1. The fourth-order valence-electron chi connectivity index (χ4n) is 1.17. The van der Waals surface area contributed by atoms with Crippen molar-refractivity contribution >= 4 is 0 Å². The summed E-state index contributed by atoms with van der Waals surface area (Å²) in [6, 6.07) is 8.86. The van der Waals surface area contributed by atoms with Gasteiger partial charge in [0.15, 0.2) is 12.4 Å². The second kappa shape index (κ2) is 4.45. The molecule has 1 aromatic carbocycles. The molecule has 1 heterocycles. The molecule has 0 radical (unpaired) electrons. The molecule has 0 aliphatic carbocycles. The van der Waals surface area contributed by atoms with E-state index in [-0.39, 0.29) is 6.61 Å². The number of hydrogen-bond acceptors (Lipinski definition) is 5. The second-order valence-corrected chi connectivity index (χ2v) is 3.16. The third-order valence-electron chi connectivity index (χ3n) is 1.92. The highest BCUT2D eigenvalue weighted by molar-refractivity contribution is 5.34. The first-order chi connectivity index (χ1) is 7.78. The molecule has 0 amide bonds. The van der Waals surface area contributed by atoms with Crippen LogP contribution in [0, 0.1) is 18.3 Å². The zero-order chi connectivity index (χ0) is 11.4. The third kappa shape index (κ3) is 2.36. The molecule has 80 valence electrons. The molecule has 2 rings (SSSR count). The highest BCUT2D eigenvalue weighted by Crippen LogP contribution is 2.13. The maximum absolute atomic E-state index is 8.62. The number of hydrogen-bond donors (Lipinski definition) is 0. The Morgan fingerprint density at radius 2 is 2.12 bits per heavy atom. The van der Waals surface area contributed by atoms with Crippen molar-refractivity contribution in [3.63, 3.8) is 0 Å². The van der Waals surface area contributed by atoms with Crippen molar-refractivity contribution in [2.24, 2.45) is 0 Å². The van der Waals surface area contributed by atoms with Crippen LogP contribution in [0.4, 0.5) is 0 Å². The van der Waals surface area contributed by atoms with Crippen LogP contribution in [-0.4, -0.2) is 10.1 Å². The summed E-state index contributed by atoms with van der Waals surface area (Å²) in [5.74, 6) is 1.68. The molecular weight excluding hydrogens is 206 g/mol. The predicted octanol–water partition coefficient (Wildman–Crippen LogP) is 1.83. The van der Waals surface area contributed by atoms with E-state index in [1.807, 2.05) is 6.07 Å². The molecule has 0 spiro atoms. The lowest BCUT2D eigenvalue weighted by molar-refractivity contribution is 0.242. The molecule has 5 nitrogen and oxygen atoms in total. The van der Waals surface area contributed by atoms with E-state index in [1.165, 1.54) is 0 Å². The molecular formula is C11H9N3O2. The van der Waals surface area contributed by atoms with E-state index in [0.717, 1.165) is 0 Å². The fourth-order valence-corrected chi connectivity index (χ4v) is 1.17. The molecule has 0 aliphatic rings. The normalized spacial score (nSPS) is 9.75. The van der Waals surface area contributed by atoms with E-state index in [1.54, 1.807) is 31.2 Å².